The minimum absolute atomic E-state index is 0.461. The summed E-state index contributed by atoms with van der Waals surface area (Å²) in [5, 5.41) is 9.65. The van der Waals surface area contributed by atoms with E-state index in [1.807, 2.05) is 18.2 Å². The van der Waals surface area contributed by atoms with Crippen LogP contribution in [0.5, 0.6) is 0 Å². The number of benzene rings is 1. The monoisotopic (exact) mass is 230 g/mol. The molecule has 1 aliphatic rings. The van der Waals surface area contributed by atoms with Crippen LogP contribution >= 0.6 is 0 Å². The average molecular weight is 230 g/mol. The molecule has 0 aliphatic carbocycles. The molecular weight excluding hydrogens is 212 g/mol. The molecule has 1 aromatic carbocycles. The molecule has 1 heterocycles. The van der Waals surface area contributed by atoms with Crippen LogP contribution in [0, 0.1) is 11.3 Å². The van der Waals surface area contributed by atoms with Crippen LogP contribution in [0.3, 0.4) is 0 Å². The second-order valence-corrected chi connectivity index (χ2v) is 4.29. The first-order valence-electron chi connectivity index (χ1n) is 6.11. The van der Waals surface area contributed by atoms with Crippen molar-refractivity contribution in [1.82, 2.24) is 4.90 Å². The SMILES string of the molecule is CCN(CC)C1(C#N)COCc2ccccc21. The first-order chi connectivity index (χ1) is 8.28. The molecule has 3 nitrogen and oxygen atoms in total. The first kappa shape index (κ1) is 12.1. The lowest BCUT2D eigenvalue weighted by atomic mass is 9.85. The molecule has 0 spiro atoms. The summed E-state index contributed by atoms with van der Waals surface area (Å²) in [5.41, 5.74) is 1.63. The summed E-state index contributed by atoms with van der Waals surface area (Å²) < 4.78 is 5.62. The summed E-state index contributed by atoms with van der Waals surface area (Å²) in [7, 11) is 0. The van der Waals surface area contributed by atoms with Gasteiger partial charge in [-0.1, -0.05) is 38.1 Å². The Morgan fingerprint density at radius 1 is 1.35 bits per heavy atom. The van der Waals surface area contributed by atoms with Gasteiger partial charge in [0.1, 0.15) is 0 Å². The van der Waals surface area contributed by atoms with Gasteiger partial charge in [0.05, 0.1) is 19.3 Å². The van der Waals surface area contributed by atoms with Gasteiger partial charge in [0.15, 0.2) is 5.54 Å². The second-order valence-electron chi connectivity index (χ2n) is 4.29. The molecule has 0 radical (unpaired) electrons. The number of nitrogens with zero attached hydrogens (tertiary/aromatic N) is 2. The first-order valence-corrected chi connectivity index (χ1v) is 6.11. The highest BCUT2D eigenvalue weighted by Gasteiger charge is 2.41. The summed E-state index contributed by atoms with van der Waals surface area (Å²) in [5.74, 6) is 0. The lowest BCUT2D eigenvalue weighted by Crippen LogP contribution is -2.50. The van der Waals surface area contributed by atoms with Gasteiger partial charge in [0, 0.05) is 0 Å². The van der Waals surface area contributed by atoms with Gasteiger partial charge in [-0.05, 0) is 24.2 Å². The fraction of sp³-hybridized carbons (Fsp3) is 0.500. The van der Waals surface area contributed by atoms with Crippen molar-refractivity contribution in [2.45, 2.75) is 26.0 Å². The van der Waals surface area contributed by atoms with Crippen LogP contribution in [0.4, 0.5) is 0 Å². The maximum Gasteiger partial charge on any atom is 0.158 e. The molecule has 90 valence electrons. The van der Waals surface area contributed by atoms with Gasteiger partial charge in [-0.2, -0.15) is 5.26 Å². The summed E-state index contributed by atoms with van der Waals surface area (Å²) in [6.45, 7) is 6.94. The molecule has 0 saturated heterocycles. The van der Waals surface area contributed by atoms with E-state index in [-0.39, 0.29) is 0 Å². The number of hydrogen-bond acceptors (Lipinski definition) is 3. The maximum absolute atomic E-state index is 9.65. The molecule has 0 fully saturated rings. The van der Waals surface area contributed by atoms with E-state index in [4.69, 9.17) is 4.74 Å². The van der Waals surface area contributed by atoms with Crippen LogP contribution in [0.2, 0.25) is 0 Å². The highest BCUT2D eigenvalue weighted by Crippen LogP contribution is 2.34. The van der Waals surface area contributed by atoms with Crippen LogP contribution in [0.1, 0.15) is 25.0 Å². The molecule has 0 amide bonds. The standard InChI is InChI=1S/C14H18N2O/c1-3-16(4-2)14(10-15)11-17-9-12-7-5-6-8-13(12)14/h5-8H,3-4,9,11H2,1-2H3. The van der Waals surface area contributed by atoms with Crippen LogP contribution in [-0.2, 0) is 16.9 Å². The Kier molecular flexibility index (Phi) is 3.46. The fourth-order valence-electron chi connectivity index (χ4n) is 2.62. The van der Waals surface area contributed by atoms with Gasteiger partial charge in [0.2, 0.25) is 0 Å². The molecule has 1 unspecified atom stereocenters. The predicted molar refractivity (Wildman–Crippen MR) is 66.3 cm³/mol. The van der Waals surface area contributed by atoms with Crippen molar-refractivity contribution >= 4 is 0 Å². The molecule has 0 N–H and O–H groups in total. The van der Waals surface area contributed by atoms with E-state index in [1.54, 1.807) is 0 Å². The summed E-state index contributed by atoms with van der Waals surface area (Å²) in [6.07, 6.45) is 0. The van der Waals surface area contributed by atoms with Gasteiger partial charge in [-0.15, -0.1) is 0 Å². The van der Waals surface area contributed by atoms with Crippen molar-refractivity contribution in [3.05, 3.63) is 35.4 Å². The number of hydrogen-bond donors (Lipinski definition) is 0. The van der Waals surface area contributed by atoms with Crippen molar-refractivity contribution in [1.29, 1.82) is 5.26 Å². The van der Waals surface area contributed by atoms with Gasteiger partial charge in [0.25, 0.3) is 0 Å². The Morgan fingerprint density at radius 3 is 2.71 bits per heavy atom. The van der Waals surface area contributed by atoms with Crippen molar-refractivity contribution in [3.63, 3.8) is 0 Å². The molecule has 1 aliphatic heterocycles. The van der Waals surface area contributed by atoms with Gasteiger partial charge in [-0.25, -0.2) is 0 Å². The molecular formula is C14H18N2O. The third-order valence-corrected chi connectivity index (χ3v) is 3.52. The molecule has 1 aromatic rings. The molecule has 0 saturated carbocycles. The minimum atomic E-state index is -0.613. The van der Waals surface area contributed by atoms with Crippen LogP contribution in [0.25, 0.3) is 0 Å². The van der Waals surface area contributed by atoms with E-state index in [2.05, 4.69) is 30.9 Å². The van der Waals surface area contributed by atoms with Gasteiger partial charge < -0.3 is 4.74 Å². The Hall–Kier alpha value is -1.37. The predicted octanol–water partition coefficient (Wildman–Crippen LogP) is 2.28. The number of fused-ring (bicyclic) bond motifs is 1. The summed E-state index contributed by atoms with van der Waals surface area (Å²) >= 11 is 0. The third-order valence-electron chi connectivity index (χ3n) is 3.52. The smallest absolute Gasteiger partial charge is 0.158 e. The number of nitriles is 1. The summed E-state index contributed by atoms with van der Waals surface area (Å²) in [4.78, 5) is 2.17. The highest BCUT2D eigenvalue weighted by atomic mass is 16.5. The van der Waals surface area contributed by atoms with E-state index >= 15 is 0 Å². The van der Waals surface area contributed by atoms with E-state index in [0.717, 1.165) is 24.2 Å². The number of ether oxygens (including phenoxy) is 1. The zero-order chi connectivity index (χ0) is 12.3. The zero-order valence-corrected chi connectivity index (χ0v) is 10.4. The van der Waals surface area contributed by atoms with E-state index in [1.165, 1.54) is 0 Å². The van der Waals surface area contributed by atoms with Gasteiger partial charge >= 0.3 is 0 Å². The van der Waals surface area contributed by atoms with Crippen molar-refractivity contribution in [3.8, 4) is 6.07 Å². The van der Waals surface area contributed by atoms with Crippen LogP contribution < -0.4 is 0 Å². The van der Waals surface area contributed by atoms with Gasteiger partial charge in [-0.3, -0.25) is 4.90 Å². The van der Waals surface area contributed by atoms with Crippen molar-refractivity contribution in [2.75, 3.05) is 19.7 Å². The topological polar surface area (TPSA) is 36.3 Å². The molecule has 2 rings (SSSR count). The van der Waals surface area contributed by atoms with E-state index in [0.29, 0.717) is 13.2 Å². The van der Waals surface area contributed by atoms with Crippen LogP contribution in [-0.4, -0.2) is 24.6 Å². The van der Waals surface area contributed by atoms with Crippen molar-refractivity contribution < 1.29 is 4.74 Å². The van der Waals surface area contributed by atoms with Crippen LogP contribution in [0.15, 0.2) is 24.3 Å². The number of rotatable bonds is 3. The Labute approximate surface area is 103 Å². The highest BCUT2D eigenvalue weighted by molar-refractivity contribution is 5.40. The summed E-state index contributed by atoms with van der Waals surface area (Å²) in [6, 6.07) is 10.6. The van der Waals surface area contributed by atoms with E-state index < -0.39 is 5.54 Å². The quantitative estimate of drug-likeness (QED) is 0.799. The number of likely N-dealkylation sites (N-methyl/N-ethyl adjacent to an activating group) is 1. The Balaban J connectivity index is 2.53. The van der Waals surface area contributed by atoms with E-state index in [9.17, 15) is 5.26 Å². The fourth-order valence-corrected chi connectivity index (χ4v) is 2.62. The molecule has 3 heteroatoms. The second kappa shape index (κ2) is 4.87. The minimum Gasteiger partial charge on any atom is -0.373 e. The largest absolute Gasteiger partial charge is 0.373 e. The molecule has 0 aromatic heterocycles. The maximum atomic E-state index is 9.65. The lowest BCUT2D eigenvalue weighted by molar-refractivity contribution is -0.000851. The third kappa shape index (κ3) is 1.84. The molecule has 0 bridgehead atoms. The molecule has 1 atom stereocenters. The normalized spacial score (nSPS) is 23.2. The Bertz CT molecular complexity index is 434. The Morgan fingerprint density at radius 2 is 2.06 bits per heavy atom. The average Bonchev–Trinajstić information content (AvgIpc) is 2.40. The van der Waals surface area contributed by atoms with Crippen molar-refractivity contribution in [2.24, 2.45) is 0 Å². The molecule has 17 heavy (non-hydrogen) atoms. The lowest BCUT2D eigenvalue weighted by Gasteiger charge is -2.41. The zero-order valence-electron chi connectivity index (χ0n) is 10.4.